The van der Waals surface area contributed by atoms with Crippen molar-refractivity contribution in [3.8, 4) is 5.75 Å². The minimum absolute atomic E-state index is 0.277. The standard InChI is InChI=1S/C13H18ClNO4/c1-13(2,12(16)15-18-9-8-17-3)19-11-6-4-10(14)5-7-11/h4-7H,8-9H2,1-3H3,(H,15,16). The lowest BCUT2D eigenvalue weighted by atomic mass is 10.1. The van der Waals surface area contributed by atoms with Gasteiger partial charge in [0.15, 0.2) is 5.60 Å². The molecule has 0 aromatic heterocycles. The summed E-state index contributed by atoms with van der Waals surface area (Å²) in [5.41, 5.74) is 1.26. The zero-order valence-electron chi connectivity index (χ0n) is 11.2. The molecule has 0 saturated carbocycles. The Morgan fingerprint density at radius 3 is 2.47 bits per heavy atom. The van der Waals surface area contributed by atoms with Gasteiger partial charge in [-0.15, -0.1) is 0 Å². The monoisotopic (exact) mass is 287 g/mol. The topological polar surface area (TPSA) is 56.8 Å². The molecule has 1 amide bonds. The average molecular weight is 288 g/mol. The second-order valence-electron chi connectivity index (χ2n) is 4.34. The second kappa shape index (κ2) is 7.33. The molecule has 0 radical (unpaired) electrons. The summed E-state index contributed by atoms with van der Waals surface area (Å²) in [4.78, 5) is 16.8. The first-order valence-corrected chi connectivity index (χ1v) is 6.19. The molecule has 0 aliphatic carbocycles. The van der Waals surface area contributed by atoms with E-state index >= 15 is 0 Å². The Morgan fingerprint density at radius 1 is 1.26 bits per heavy atom. The van der Waals surface area contributed by atoms with Crippen LogP contribution in [-0.2, 0) is 14.4 Å². The highest BCUT2D eigenvalue weighted by Crippen LogP contribution is 2.20. The van der Waals surface area contributed by atoms with E-state index in [2.05, 4.69) is 5.48 Å². The third-order valence-electron chi connectivity index (χ3n) is 2.29. The Balaban J connectivity index is 2.49. The minimum Gasteiger partial charge on any atom is -0.478 e. The molecule has 0 spiro atoms. The number of carbonyl (C=O) groups excluding carboxylic acids is 1. The van der Waals surface area contributed by atoms with E-state index in [0.29, 0.717) is 17.4 Å². The molecule has 106 valence electrons. The van der Waals surface area contributed by atoms with Crippen LogP contribution in [0.4, 0.5) is 0 Å². The molecule has 0 bridgehead atoms. The fourth-order valence-electron chi connectivity index (χ4n) is 1.21. The van der Waals surface area contributed by atoms with Crippen molar-refractivity contribution in [1.82, 2.24) is 5.48 Å². The van der Waals surface area contributed by atoms with Gasteiger partial charge in [-0.2, -0.15) is 0 Å². The third kappa shape index (κ3) is 5.46. The fourth-order valence-corrected chi connectivity index (χ4v) is 1.33. The zero-order chi connectivity index (χ0) is 14.3. The molecule has 19 heavy (non-hydrogen) atoms. The quantitative estimate of drug-likeness (QED) is 0.617. The second-order valence-corrected chi connectivity index (χ2v) is 4.78. The van der Waals surface area contributed by atoms with Gasteiger partial charge in [0, 0.05) is 12.1 Å². The minimum atomic E-state index is -1.05. The lowest BCUT2D eigenvalue weighted by Gasteiger charge is -2.24. The number of hydrogen-bond donors (Lipinski definition) is 1. The van der Waals surface area contributed by atoms with Crippen LogP contribution in [0.1, 0.15) is 13.8 Å². The molecule has 0 fully saturated rings. The maximum atomic E-state index is 11.9. The first kappa shape index (κ1) is 15.8. The first-order valence-electron chi connectivity index (χ1n) is 5.81. The van der Waals surface area contributed by atoms with E-state index < -0.39 is 5.60 Å². The Labute approximate surface area is 117 Å². The highest BCUT2D eigenvalue weighted by molar-refractivity contribution is 6.30. The summed E-state index contributed by atoms with van der Waals surface area (Å²) in [6.07, 6.45) is 0. The van der Waals surface area contributed by atoms with Crippen molar-refractivity contribution >= 4 is 17.5 Å². The number of methoxy groups -OCH3 is 1. The van der Waals surface area contributed by atoms with Crippen LogP contribution < -0.4 is 10.2 Å². The molecule has 0 unspecified atom stereocenters. The highest BCUT2D eigenvalue weighted by Gasteiger charge is 2.30. The molecule has 1 aromatic carbocycles. The number of hydrogen-bond acceptors (Lipinski definition) is 4. The lowest BCUT2D eigenvalue weighted by Crippen LogP contribution is -2.46. The number of rotatable bonds is 7. The van der Waals surface area contributed by atoms with Gasteiger partial charge < -0.3 is 9.47 Å². The van der Waals surface area contributed by atoms with Gasteiger partial charge in [0.1, 0.15) is 5.75 Å². The maximum absolute atomic E-state index is 11.9. The van der Waals surface area contributed by atoms with E-state index in [9.17, 15) is 4.79 Å². The molecule has 0 heterocycles. The summed E-state index contributed by atoms with van der Waals surface area (Å²) in [5, 5.41) is 0.609. The van der Waals surface area contributed by atoms with Crippen LogP contribution in [0.2, 0.25) is 5.02 Å². The normalized spacial score (nSPS) is 11.2. The van der Waals surface area contributed by atoms with E-state index in [4.69, 9.17) is 25.9 Å². The maximum Gasteiger partial charge on any atom is 0.287 e. The average Bonchev–Trinajstić information content (AvgIpc) is 2.37. The van der Waals surface area contributed by atoms with Crippen LogP contribution in [0.3, 0.4) is 0 Å². The zero-order valence-corrected chi connectivity index (χ0v) is 12.0. The smallest absolute Gasteiger partial charge is 0.287 e. The molecule has 0 aliphatic heterocycles. The number of nitrogens with one attached hydrogen (secondary N) is 1. The van der Waals surface area contributed by atoms with Crippen LogP contribution in [-0.4, -0.2) is 31.8 Å². The Kier molecular flexibility index (Phi) is 6.08. The van der Waals surface area contributed by atoms with Crippen molar-refractivity contribution in [2.75, 3.05) is 20.3 Å². The number of ether oxygens (including phenoxy) is 2. The molecule has 0 saturated heterocycles. The van der Waals surface area contributed by atoms with Crippen molar-refractivity contribution in [3.05, 3.63) is 29.3 Å². The molecule has 0 atom stereocenters. The third-order valence-corrected chi connectivity index (χ3v) is 2.54. The molecular formula is C13H18ClNO4. The van der Waals surface area contributed by atoms with E-state index in [1.165, 1.54) is 0 Å². The number of amides is 1. The van der Waals surface area contributed by atoms with E-state index in [1.54, 1.807) is 45.2 Å². The molecule has 1 aromatic rings. The fraction of sp³-hybridized carbons (Fsp3) is 0.462. The predicted molar refractivity (Wildman–Crippen MR) is 72.1 cm³/mol. The summed E-state index contributed by atoms with van der Waals surface area (Å²) in [6, 6.07) is 6.78. The molecular weight excluding hydrogens is 270 g/mol. The Morgan fingerprint density at radius 2 is 1.89 bits per heavy atom. The van der Waals surface area contributed by atoms with Gasteiger partial charge in [-0.1, -0.05) is 11.6 Å². The summed E-state index contributed by atoms with van der Waals surface area (Å²) in [6.45, 7) is 3.98. The van der Waals surface area contributed by atoms with E-state index in [0.717, 1.165) is 0 Å². The van der Waals surface area contributed by atoms with Gasteiger partial charge in [-0.3, -0.25) is 9.63 Å². The lowest BCUT2D eigenvalue weighted by molar-refractivity contribution is -0.148. The summed E-state index contributed by atoms with van der Waals surface area (Å²) in [7, 11) is 1.55. The van der Waals surface area contributed by atoms with E-state index in [-0.39, 0.29) is 12.5 Å². The summed E-state index contributed by atoms with van der Waals surface area (Å²) in [5.74, 6) is 0.181. The SMILES string of the molecule is COCCONC(=O)C(C)(C)Oc1ccc(Cl)cc1. The molecule has 1 N–H and O–H groups in total. The van der Waals surface area contributed by atoms with Crippen molar-refractivity contribution in [1.29, 1.82) is 0 Å². The van der Waals surface area contributed by atoms with Crippen LogP contribution in [0.25, 0.3) is 0 Å². The molecule has 0 aliphatic rings. The molecule has 5 nitrogen and oxygen atoms in total. The van der Waals surface area contributed by atoms with Crippen LogP contribution >= 0.6 is 11.6 Å². The van der Waals surface area contributed by atoms with Gasteiger partial charge in [0.2, 0.25) is 0 Å². The summed E-state index contributed by atoms with van der Waals surface area (Å²) < 4.78 is 10.4. The molecule has 6 heteroatoms. The van der Waals surface area contributed by atoms with Crippen molar-refractivity contribution in [2.45, 2.75) is 19.4 Å². The van der Waals surface area contributed by atoms with Gasteiger partial charge >= 0.3 is 0 Å². The largest absolute Gasteiger partial charge is 0.478 e. The van der Waals surface area contributed by atoms with Crippen LogP contribution in [0, 0.1) is 0 Å². The first-order chi connectivity index (χ1) is 8.95. The van der Waals surface area contributed by atoms with Gasteiger partial charge in [-0.25, -0.2) is 5.48 Å². The van der Waals surface area contributed by atoms with Crippen molar-refractivity contribution in [3.63, 3.8) is 0 Å². The summed E-state index contributed by atoms with van der Waals surface area (Å²) >= 11 is 5.78. The number of halogens is 1. The Hall–Kier alpha value is -1.30. The number of hydroxylamine groups is 1. The Bertz CT molecular complexity index is 406. The van der Waals surface area contributed by atoms with Crippen LogP contribution in [0.15, 0.2) is 24.3 Å². The van der Waals surface area contributed by atoms with Gasteiger partial charge in [0.05, 0.1) is 13.2 Å². The van der Waals surface area contributed by atoms with E-state index in [1.807, 2.05) is 0 Å². The number of carbonyl (C=O) groups is 1. The highest BCUT2D eigenvalue weighted by atomic mass is 35.5. The van der Waals surface area contributed by atoms with Crippen molar-refractivity contribution in [2.24, 2.45) is 0 Å². The van der Waals surface area contributed by atoms with Gasteiger partial charge in [-0.05, 0) is 38.1 Å². The van der Waals surface area contributed by atoms with Crippen LogP contribution in [0.5, 0.6) is 5.75 Å². The predicted octanol–water partition coefficient (Wildman–Crippen LogP) is 2.19. The number of benzene rings is 1. The molecule has 1 rings (SSSR count). The van der Waals surface area contributed by atoms with Gasteiger partial charge in [0.25, 0.3) is 5.91 Å². The van der Waals surface area contributed by atoms with Crippen molar-refractivity contribution < 1.29 is 19.1 Å².